The number of carbonyl (C=O) groups is 1. The fraction of sp³-hybridized carbons (Fsp3) is 0.727. The van der Waals surface area contributed by atoms with Crippen LogP contribution in [0.5, 0.6) is 0 Å². The summed E-state index contributed by atoms with van der Waals surface area (Å²) < 4.78 is 2.00. The predicted octanol–water partition coefficient (Wildman–Crippen LogP) is 1.59. The van der Waals surface area contributed by atoms with Crippen molar-refractivity contribution in [3.63, 3.8) is 0 Å². The van der Waals surface area contributed by atoms with Crippen molar-refractivity contribution >= 4 is 5.97 Å². The van der Waals surface area contributed by atoms with E-state index in [-0.39, 0.29) is 12.3 Å². The lowest BCUT2D eigenvalue weighted by molar-refractivity contribution is -0.137. The van der Waals surface area contributed by atoms with E-state index in [2.05, 4.69) is 24.0 Å². The summed E-state index contributed by atoms with van der Waals surface area (Å²) in [5.74, 6) is 0.738. The molecule has 0 saturated heterocycles. The Balaban J connectivity index is 2.59. The first kappa shape index (κ1) is 12.7. The summed E-state index contributed by atoms with van der Waals surface area (Å²) >= 11 is 0. The largest absolute Gasteiger partial charge is 0.481 e. The minimum absolute atomic E-state index is 0.0904. The minimum Gasteiger partial charge on any atom is -0.481 e. The monoisotopic (exact) mass is 225 g/mol. The molecule has 90 valence electrons. The van der Waals surface area contributed by atoms with Gasteiger partial charge >= 0.3 is 5.97 Å². The molecule has 0 spiro atoms. The highest BCUT2D eigenvalue weighted by Gasteiger charge is 2.13. The van der Waals surface area contributed by atoms with Gasteiger partial charge in [-0.2, -0.15) is 0 Å². The molecule has 1 heterocycles. The number of carboxylic acids is 1. The van der Waals surface area contributed by atoms with Gasteiger partial charge in [0, 0.05) is 19.4 Å². The molecule has 16 heavy (non-hydrogen) atoms. The summed E-state index contributed by atoms with van der Waals surface area (Å²) in [7, 11) is 0. The van der Waals surface area contributed by atoms with Gasteiger partial charge in [0.25, 0.3) is 0 Å². The molecule has 0 aliphatic heterocycles. The van der Waals surface area contributed by atoms with Gasteiger partial charge in [-0.3, -0.25) is 4.79 Å². The Labute approximate surface area is 95.5 Å². The molecule has 1 unspecified atom stereocenters. The molecule has 0 aliphatic carbocycles. The fourth-order valence-corrected chi connectivity index (χ4v) is 1.66. The SMILES string of the molecule is CC(C)Cn1cnnc1CC(C)CC(=O)O. The molecule has 0 aromatic carbocycles. The Morgan fingerprint density at radius 2 is 2.19 bits per heavy atom. The van der Waals surface area contributed by atoms with Crippen molar-refractivity contribution in [2.45, 2.75) is 40.2 Å². The van der Waals surface area contributed by atoms with Gasteiger partial charge < -0.3 is 9.67 Å². The molecule has 5 nitrogen and oxygen atoms in total. The maximum atomic E-state index is 10.6. The van der Waals surface area contributed by atoms with E-state index >= 15 is 0 Å². The maximum absolute atomic E-state index is 10.6. The Kier molecular flexibility index (Phi) is 4.46. The summed E-state index contributed by atoms with van der Waals surface area (Å²) in [6, 6.07) is 0. The molecule has 0 fully saturated rings. The first-order chi connectivity index (χ1) is 7.49. The van der Waals surface area contributed by atoms with E-state index < -0.39 is 5.97 Å². The highest BCUT2D eigenvalue weighted by Crippen LogP contribution is 2.11. The van der Waals surface area contributed by atoms with Crippen LogP contribution in [0.2, 0.25) is 0 Å². The van der Waals surface area contributed by atoms with Crippen LogP contribution in [0.25, 0.3) is 0 Å². The van der Waals surface area contributed by atoms with Gasteiger partial charge in [-0.1, -0.05) is 20.8 Å². The molecule has 0 saturated carbocycles. The van der Waals surface area contributed by atoms with Crippen LogP contribution in [-0.4, -0.2) is 25.8 Å². The van der Waals surface area contributed by atoms with Crippen LogP contribution in [0.4, 0.5) is 0 Å². The number of rotatable bonds is 6. The summed E-state index contributed by atoms with van der Waals surface area (Å²) in [6.45, 7) is 7.06. The molecule has 5 heteroatoms. The predicted molar refractivity (Wildman–Crippen MR) is 60.0 cm³/mol. The number of hydrogen-bond acceptors (Lipinski definition) is 3. The highest BCUT2D eigenvalue weighted by atomic mass is 16.4. The molecule has 1 aromatic heterocycles. The first-order valence-corrected chi connectivity index (χ1v) is 5.57. The van der Waals surface area contributed by atoms with Crippen molar-refractivity contribution in [3.8, 4) is 0 Å². The van der Waals surface area contributed by atoms with Crippen LogP contribution in [0.15, 0.2) is 6.33 Å². The Morgan fingerprint density at radius 1 is 1.50 bits per heavy atom. The zero-order valence-electron chi connectivity index (χ0n) is 10.1. The van der Waals surface area contributed by atoms with E-state index in [1.54, 1.807) is 6.33 Å². The van der Waals surface area contributed by atoms with Gasteiger partial charge in [0.2, 0.25) is 0 Å². The molecule has 1 N–H and O–H groups in total. The van der Waals surface area contributed by atoms with Gasteiger partial charge in [0.15, 0.2) is 0 Å². The van der Waals surface area contributed by atoms with E-state index in [4.69, 9.17) is 5.11 Å². The van der Waals surface area contributed by atoms with Crippen molar-refractivity contribution in [1.82, 2.24) is 14.8 Å². The van der Waals surface area contributed by atoms with E-state index in [9.17, 15) is 4.79 Å². The smallest absolute Gasteiger partial charge is 0.303 e. The second kappa shape index (κ2) is 5.63. The van der Waals surface area contributed by atoms with Crippen LogP contribution in [0, 0.1) is 11.8 Å². The maximum Gasteiger partial charge on any atom is 0.303 e. The summed E-state index contributed by atoms with van der Waals surface area (Å²) in [4.78, 5) is 10.6. The van der Waals surface area contributed by atoms with Gasteiger partial charge in [0.05, 0.1) is 0 Å². The summed E-state index contributed by atoms with van der Waals surface area (Å²) in [6.07, 6.45) is 2.55. The quantitative estimate of drug-likeness (QED) is 0.798. The standard InChI is InChI=1S/C11H19N3O2/c1-8(2)6-14-7-12-13-10(14)4-9(3)5-11(15)16/h7-9H,4-6H2,1-3H3,(H,15,16). The van der Waals surface area contributed by atoms with E-state index in [1.807, 2.05) is 11.5 Å². The lowest BCUT2D eigenvalue weighted by Gasteiger charge is -2.11. The molecule has 1 atom stereocenters. The third-order valence-electron chi connectivity index (χ3n) is 2.31. The molecule has 1 rings (SSSR count). The molecule has 1 aromatic rings. The molecular formula is C11H19N3O2. The van der Waals surface area contributed by atoms with Gasteiger partial charge in [-0.15, -0.1) is 10.2 Å². The third-order valence-corrected chi connectivity index (χ3v) is 2.31. The number of aromatic nitrogens is 3. The molecule has 0 bridgehead atoms. The average Bonchev–Trinajstić information content (AvgIpc) is 2.50. The topological polar surface area (TPSA) is 68.0 Å². The van der Waals surface area contributed by atoms with Gasteiger partial charge in [0.1, 0.15) is 12.2 Å². The number of nitrogens with zero attached hydrogens (tertiary/aromatic N) is 3. The zero-order valence-corrected chi connectivity index (χ0v) is 10.1. The van der Waals surface area contributed by atoms with Crippen LogP contribution in [-0.2, 0) is 17.8 Å². The van der Waals surface area contributed by atoms with Crippen LogP contribution in [0.3, 0.4) is 0 Å². The highest BCUT2D eigenvalue weighted by molar-refractivity contribution is 5.66. The van der Waals surface area contributed by atoms with E-state index in [0.29, 0.717) is 12.3 Å². The zero-order chi connectivity index (χ0) is 12.1. The Bertz CT molecular complexity index is 347. The molecular weight excluding hydrogens is 206 g/mol. The Hall–Kier alpha value is -1.39. The van der Waals surface area contributed by atoms with Crippen molar-refractivity contribution in [1.29, 1.82) is 0 Å². The van der Waals surface area contributed by atoms with Crippen molar-refractivity contribution in [2.75, 3.05) is 0 Å². The van der Waals surface area contributed by atoms with Crippen molar-refractivity contribution in [3.05, 3.63) is 12.2 Å². The summed E-state index contributed by atoms with van der Waals surface area (Å²) in [5.41, 5.74) is 0. The van der Waals surface area contributed by atoms with Crippen molar-refractivity contribution < 1.29 is 9.90 Å². The molecule has 0 radical (unpaired) electrons. The van der Waals surface area contributed by atoms with Crippen LogP contribution < -0.4 is 0 Å². The molecule has 0 aliphatic rings. The van der Waals surface area contributed by atoms with E-state index in [1.165, 1.54) is 0 Å². The fourth-order valence-electron chi connectivity index (χ4n) is 1.66. The second-order valence-electron chi connectivity index (χ2n) is 4.70. The second-order valence-corrected chi connectivity index (χ2v) is 4.70. The first-order valence-electron chi connectivity index (χ1n) is 5.57. The lowest BCUT2D eigenvalue weighted by atomic mass is 10.0. The normalized spacial score (nSPS) is 13.0. The van der Waals surface area contributed by atoms with E-state index in [0.717, 1.165) is 12.4 Å². The van der Waals surface area contributed by atoms with Crippen LogP contribution in [0.1, 0.15) is 33.0 Å². The number of hydrogen-bond donors (Lipinski definition) is 1. The Morgan fingerprint density at radius 3 is 2.75 bits per heavy atom. The van der Waals surface area contributed by atoms with Gasteiger partial charge in [-0.25, -0.2) is 0 Å². The summed E-state index contributed by atoms with van der Waals surface area (Å²) in [5, 5.41) is 16.6. The van der Waals surface area contributed by atoms with Crippen molar-refractivity contribution in [2.24, 2.45) is 11.8 Å². The number of aliphatic carboxylic acids is 1. The average molecular weight is 225 g/mol. The molecule has 0 amide bonds. The van der Waals surface area contributed by atoms with Gasteiger partial charge in [-0.05, 0) is 11.8 Å². The number of carboxylic acid groups (broad SMARTS) is 1. The third kappa shape index (κ3) is 4.00. The van der Waals surface area contributed by atoms with Crippen LogP contribution >= 0.6 is 0 Å². The lowest BCUT2D eigenvalue weighted by Crippen LogP contribution is -2.13. The minimum atomic E-state index is -0.762.